The largest absolute Gasteiger partial charge is 0.479 e. The van der Waals surface area contributed by atoms with E-state index in [9.17, 15) is 48.0 Å². The zero-order valence-electron chi connectivity index (χ0n) is 25.9. The monoisotopic (exact) mass is 673 g/mol. The van der Waals surface area contributed by atoms with Gasteiger partial charge < -0.3 is 45.3 Å². The number of amides is 2. The summed E-state index contributed by atoms with van der Waals surface area (Å²) in [6.07, 6.45) is -7.72. The molecule has 1 heterocycles. The smallest absolute Gasteiger partial charge is 0.335 e. The summed E-state index contributed by atoms with van der Waals surface area (Å²) in [5.41, 5.74) is -0.303. The molecule has 1 aromatic carbocycles. The number of ether oxygens (including phenoxy) is 3. The number of nitrogens with one attached hydrogen (secondary N) is 3. The number of carboxylic acids is 1. The molecule has 1 saturated heterocycles. The molecule has 17 heteroatoms. The van der Waals surface area contributed by atoms with Crippen LogP contribution in [-0.4, -0.2) is 96.4 Å². The molecule has 2 rings (SSSR count). The predicted octanol–water partition coefficient (Wildman–Crippen LogP) is 0.115. The highest BCUT2D eigenvalue weighted by Crippen LogP contribution is 2.31. The molecule has 5 atom stereocenters. The first kappa shape index (κ1) is 38.6. The Hall–Kier alpha value is -3.61. The maximum absolute atomic E-state index is 12.8. The van der Waals surface area contributed by atoms with Crippen LogP contribution in [0.25, 0.3) is 0 Å². The van der Waals surface area contributed by atoms with Gasteiger partial charge in [0, 0.05) is 31.3 Å². The fourth-order valence-electron chi connectivity index (χ4n) is 3.98. The fourth-order valence-corrected chi connectivity index (χ4v) is 4.53. The number of esters is 1. The topological polar surface area (TPSA) is 247 Å². The van der Waals surface area contributed by atoms with Crippen LogP contribution >= 0.6 is 0 Å². The summed E-state index contributed by atoms with van der Waals surface area (Å²) in [7, 11) is -3.49. The highest BCUT2D eigenvalue weighted by molar-refractivity contribution is 7.92. The van der Waals surface area contributed by atoms with Crippen molar-refractivity contribution in [3.63, 3.8) is 0 Å². The van der Waals surface area contributed by atoms with Crippen LogP contribution in [0.2, 0.25) is 0 Å². The second-order valence-corrected chi connectivity index (χ2v) is 13.3. The molecule has 0 bridgehead atoms. The number of aliphatic hydroxyl groups excluding tert-OH is 3. The predicted molar refractivity (Wildman–Crippen MR) is 162 cm³/mol. The lowest BCUT2D eigenvalue weighted by Crippen LogP contribution is -2.61. The standard InChI is InChI=1S/C29H43N3O13S/c1-5-46(41,42)31-13-8-6-7-9-20(33)30-14-12-21(34)32-18-15-17(16-43-28(40)29(2,3)4)10-11-19(18)44-27-24(37)22(35)23(36)25(45-27)26(38)39/h5,10-11,15,22-25,27,31,35-37H,1,6-9,12-14,16H2,2-4H3,(H,30,33)(H,32,34)(H,38,39)/t22-,23-,24+,25-,27+/m0/s1. The summed E-state index contributed by atoms with van der Waals surface area (Å²) in [6, 6.07) is 4.26. The van der Waals surface area contributed by atoms with Crippen LogP contribution < -0.4 is 20.1 Å². The van der Waals surface area contributed by atoms with Crippen LogP contribution in [0.4, 0.5) is 5.69 Å². The maximum atomic E-state index is 12.8. The highest BCUT2D eigenvalue weighted by Gasteiger charge is 2.48. The van der Waals surface area contributed by atoms with Crippen molar-refractivity contribution in [3.05, 3.63) is 35.7 Å². The second-order valence-electron chi connectivity index (χ2n) is 11.6. The minimum Gasteiger partial charge on any atom is -0.479 e. The molecule has 1 fully saturated rings. The third kappa shape index (κ3) is 12.3. The Balaban J connectivity index is 2.02. The fraction of sp³-hybridized carbons (Fsp3) is 0.586. The molecule has 0 spiro atoms. The molecule has 0 unspecified atom stereocenters. The molecule has 1 aliphatic heterocycles. The summed E-state index contributed by atoms with van der Waals surface area (Å²) in [6.45, 7) is 8.28. The van der Waals surface area contributed by atoms with E-state index in [4.69, 9.17) is 14.2 Å². The first-order chi connectivity index (χ1) is 21.4. The Labute approximate surface area is 267 Å². The van der Waals surface area contributed by atoms with Gasteiger partial charge in [-0.05, 0) is 51.3 Å². The van der Waals surface area contributed by atoms with Gasteiger partial charge in [0.05, 0.1) is 11.1 Å². The number of carbonyl (C=O) groups is 4. The van der Waals surface area contributed by atoms with Crippen LogP contribution in [0.5, 0.6) is 5.75 Å². The quantitative estimate of drug-likeness (QED) is 0.0859. The molecule has 0 aliphatic carbocycles. The number of sulfonamides is 1. The van der Waals surface area contributed by atoms with E-state index in [1.54, 1.807) is 20.8 Å². The van der Waals surface area contributed by atoms with Crippen LogP contribution in [0.1, 0.15) is 58.4 Å². The SMILES string of the molecule is C=CS(=O)(=O)NCCCCCC(=O)NCCC(=O)Nc1cc(COC(=O)C(C)(C)C)ccc1O[C@@H]1O[C@H](C(=O)O)[C@@H](O)[C@H](O)[C@H]1O. The Kier molecular flexibility index (Phi) is 14.5. The molecule has 16 nitrogen and oxygen atoms in total. The van der Waals surface area contributed by atoms with Crippen molar-refractivity contribution >= 4 is 39.5 Å². The number of hydrogen-bond acceptors (Lipinski definition) is 12. The van der Waals surface area contributed by atoms with Crippen molar-refractivity contribution in [1.29, 1.82) is 0 Å². The molecule has 1 aromatic rings. The number of carbonyl (C=O) groups excluding carboxylic acids is 3. The Morgan fingerprint density at radius 1 is 0.978 bits per heavy atom. The molecule has 2 amide bonds. The zero-order valence-corrected chi connectivity index (χ0v) is 26.7. The van der Waals surface area contributed by atoms with E-state index in [2.05, 4.69) is 21.9 Å². The molecule has 0 radical (unpaired) electrons. The van der Waals surface area contributed by atoms with Gasteiger partial charge in [-0.1, -0.05) is 19.1 Å². The van der Waals surface area contributed by atoms with Gasteiger partial charge in [-0.2, -0.15) is 0 Å². The second kappa shape index (κ2) is 17.3. The van der Waals surface area contributed by atoms with Gasteiger partial charge in [0.25, 0.3) is 0 Å². The number of anilines is 1. The van der Waals surface area contributed by atoms with E-state index in [1.807, 2.05) is 0 Å². The average molecular weight is 674 g/mol. The summed E-state index contributed by atoms with van der Waals surface area (Å²) < 4.78 is 41.1. The maximum Gasteiger partial charge on any atom is 0.335 e. The van der Waals surface area contributed by atoms with Crippen molar-refractivity contribution in [3.8, 4) is 5.75 Å². The molecular formula is C29H43N3O13S. The number of aliphatic carboxylic acids is 1. The third-order valence-corrected chi connectivity index (χ3v) is 7.68. The van der Waals surface area contributed by atoms with Gasteiger partial charge >= 0.3 is 11.9 Å². The minimum absolute atomic E-state index is 0.0162. The van der Waals surface area contributed by atoms with Crippen molar-refractivity contribution in [2.45, 2.75) is 90.2 Å². The van der Waals surface area contributed by atoms with E-state index in [0.717, 1.165) is 5.41 Å². The zero-order chi connectivity index (χ0) is 34.7. The summed E-state index contributed by atoms with van der Waals surface area (Å²) in [5, 5.41) is 45.8. The van der Waals surface area contributed by atoms with E-state index in [-0.39, 0.29) is 49.9 Å². The van der Waals surface area contributed by atoms with Gasteiger partial charge in [-0.15, -0.1) is 0 Å². The molecule has 258 valence electrons. The summed E-state index contributed by atoms with van der Waals surface area (Å²) in [4.78, 5) is 48.6. The van der Waals surface area contributed by atoms with Crippen LogP contribution in [0, 0.1) is 5.41 Å². The number of unbranched alkanes of at least 4 members (excludes halogenated alkanes) is 2. The number of hydrogen-bond donors (Lipinski definition) is 7. The van der Waals surface area contributed by atoms with E-state index in [1.165, 1.54) is 18.2 Å². The van der Waals surface area contributed by atoms with Gasteiger partial charge in [-0.25, -0.2) is 17.9 Å². The van der Waals surface area contributed by atoms with Crippen molar-refractivity contribution < 1.29 is 62.2 Å². The Bertz CT molecular complexity index is 1350. The first-order valence-electron chi connectivity index (χ1n) is 14.5. The van der Waals surface area contributed by atoms with Gasteiger partial charge in [0.15, 0.2) is 6.10 Å². The first-order valence-corrected chi connectivity index (χ1v) is 16.1. The van der Waals surface area contributed by atoms with Gasteiger partial charge in [-0.3, -0.25) is 14.4 Å². The van der Waals surface area contributed by atoms with E-state index >= 15 is 0 Å². The Morgan fingerprint density at radius 3 is 2.30 bits per heavy atom. The lowest BCUT2D eigenvalue weighted by molar-refractivity contribution is -0.271. The molecule has 0 saturated carbocycles. The van der Waals surface area contributed by atoms with Gasteiger partial charge in [0.2, 0.25) is 28.1 Å². The lowest BCUT2D eigenvalue weighted by atomic mass is 9.97. The number of benzene rings is 1. The third-order valence-electron chi connectivity index (χ3n) is 6.63. The van der Waals surface area contributed by atoms with Crippen molar-refractivity contribution in [1.82, 2.24) is 10.0 Å². The Morgan fingerprint density at radius 2 is 1.67 bits per heavy atom. The molecule has 1 aliphatic rings. The van der Waals surface area contributed by atoms with Crippen LogP contribution in [0.15, 0.2) is 30.2 Å². The number of rotatable bonds is 17. The highest BCUT2D eigenvalue weighted by atomic mass is 32.2. The van der Waals surface area contributed by atoms with Crippen LogP contribution in [-0.2, 0) is 45.3 Å². The minimum atomic E-state index is -3.49. The molecular weight excluding hydrogens is 630 g/mol. The van der Waals surface area contributed by atoms with Crippen molar-refractivity contribution in [2.75, 3.05) is 18.4 Å². The summed E-state index contributed by atoms with van der Waals surface area (Å²) in [5.74, 6) is -3.04. The van der Waals surface area contributed by atoms with E-state index in [0.29, 0.717) is 24.8 Å². The number of aliphatic hydroxyl groups is 3. The molecule has 0 aromatic heterocycles. The lowest BCUT2D eigenvalue weighted by Gasteiger charge is -2.38. The van der Waals surface area contributed by atoms with Crippen molar-refractivity contribution in [2.24, 2.45) is 5.41 Å². The molecule has 7 N–H and O–H groups in total. The van der Waals surface area contributed by atoms with Crippen LogP contribution in [0.3, 0.4) is 0 Å². The number of carboxylic acid groups (broad SMARTS) is 1. The summed E-state index contributed by atoms with van der Waals surface area (Å²) >= 11 is 0. The van der Waals surface area contributed by atoms with Gasteiger partial charge in [0.1, 0.15) is 30.7 Å². The normalized spacial score (nSPS) is 21.6. The average Bonchev–Trinajstić information content (AvgIpc) is 2.98. The van der Waals surface area contributed by atoms with E-state index < -0.39 is 64.0 Å². The molecule has 46 heavy (non-hydrogen) atoms.